The molecule has 0 bridgehead atoms. The lowest BCUT2D eigenvalue weighted by atomic mass is 10.0. The molecule has 0 spiro atoms. The minimum atomic E-state index is -0.344. The van der Waals surface area contributed by atoms with Crippen molar-refractivity contribution in [3.05, 3.63) is 107 Å². The average molecular weight is 437 g/mol. The van der Waals surface area contributed by atoms with Crippen LogP contribution in [0.5, 0.6) is 5.75 Å². The van der Waals surface area contributed by atoms with Crippen molar-refractivity contribution in [1.29, 1.82) is 0 Å². The Morgan fingerprint density at radius 2 is 1.61 bits per heavy atom. The van der Waals surface area contributed by atoms with Crippen molar-refractivity contribution < 1.29 is 14.5 Å². The molecule has 0 saturated carbocycles. The van der Waals surface area contributed by atoms with E-state index in [1.54, 1.807) is 22.9 Å². The second-order valence-electron chi connectivity index (χ2n) is 8.41. The molecule has 0 saturated heterocycles. The number of carbonyl (C=O) groups excluding carboxylic acids is 1. The molecule has 1 atom stereocenters. The van der Waals surface area contributed by atoms with E-state index in [9.17, 15) is 9.90 Å². The fourth-order valence-corrected chi connectivity index (χ4v) is 4.24. The number of hydrogen-bond acceptors (Lipinski definition) is 4. The van der Waals surface area contributed by atoms with E-state index in [1.807, 2.05) is 30.3 Å². The molecule has 164 valence electrons. The highest BCUT2D eigenvalue weighted by molar-refractivity contribution is 5.82. The van der Waals surface area contributed by atoms with Gasteiger partial charge < -0.3 is 5.11 Å². The van der Waals surface area contributed by atoms with Crippen molar-refractivity contribution in [2.45, 2.75) is 32.2 Å². The zero-order chi connectivity index (χ0) is 22.8. The quantitative estimate of drug-likeness (QED) is 0.435. The first kappa shape index (κ1) is 20.9. The Hall–Kier alpha value is -3.99. The summed E-state index contributed by atoms with van der Waals surface area (Å²) in [6, 6.07) is 25.1. The number of aromatic nitrogens is 2. The number of phenolic OH excluding ortho intramolecular Hbond substituents is 1. The van der Waals surface area contributed by atoms with Crippen LogP contribution in [-0.4, -0.2) is 22.0 Å². The molecule has 0 aliphatic carbocycles. The minimum absolute atomic E-state index is 0.0151. The van der Waals surface area contributed by atoms with E-state index in [2.05, 4.69) is 48.6 Å². The maximum Gasteiger partial charge on any atom is 0.359 e. The standard InChI is InChI=1S/C28H25N3O2/c1-2-19-8-10-21(11-9-19)17-25-28(33)31-18-26(22-12-14-23(32)15-13-22)29-24(27(31)30-25)16-20-6-4-3-5-7-20/h3-15,18,25,32H,2,16-17H2,1H3/p+1. The maximum absolute atomic E-state index is 13.4. The number of nitrogens with one attached hydrogen (secondary N) is 1. The van der Waals surface area contributed by atoms with E-state index in [0.717, 1.165) is 34.6 Å². The Labute approximate surface area is 193 Å². The molecular formula is C28H26N3O2+. The molecule has 1 aromatic heterocycles. The van der Waals surface area contributed by atoms with Gasteiger partial charge in [-0.15, -0.1) is 0 Å². The van der Waals surface area contributed by atoms with Gasteiger partial charge in [0.1, 0.15) is 23.3 Å². The number of hydrogen-bond donors (Lipinski definition) is 2. The van der Waals surface area contributed by atoms with Crippen molar-refractivity contribution in [3.63, 3.8) is 0 Å². The van der Waals surface area contributed by atoms with Crippen LogP contribution in [0.3, 0.4) is 0 Å². The summed E-state index contributed by atoms with van der Waals surface area (Å²) < 4.78 is 1.71. The lowest BCUT2D eigenvalue weighted by Crippen LogP contribution is -2.44. The summed E-state index contributed by atoms with van der Waals surface area (Å²) in [5, 5.41) is 13.1. The molecule has 2 heterocycles. The third-order valence-electron chi connectivity index (χ3n) is 6.12. The van der Waals surface area contributed by atoms with E-state index < -0.39 is 0 Å². The van der Waals surface area contributed by atoms with Gasteiger partial charge in [-0.2, -0.15) is 4.57 Å². The Kier molecular flexibility index (Phi) is 5.61. The van der Waals surface area contributed by atoms with Crippen molar-refractivity contribution in [3.8, 4) is 17.0 Å². The molecule has 5 heteroatoms. The summed E-state index contributed by atoms with van der Waals surface area (Å²) >= 11 is 0. The fourth-order valence-electron chi connectivity index (χ4n) is 4.24. The van der Waals surface area contributed by atoms with E-state index >= 15 is 0 Å². The molecular weight excluding hydrogens is 410 g/mol. The topological polar surface area (TPSA) is 66.1 Å². The van der Waals surface area contributed by atoms with E-state index in [4.69, 9.17) is 4.98 Å². The van der Waals surface area contributed by atoms with Crippen LogP contribution in [0.2, 0.25) is 0 Å². The third-order valence-corrected chi connectivity index (χ3v) is 6.12. The Morgan fingerprint density at radius 3 is 2.30 bits per heavy atom. The molecule has 5 rings (SSSR count). The molecule has 1 aliphatic heterocycles. The van der Waals surface area contributed by atoms with Gasteiger partial charge in [-0.1, -0.05) is 61.5 Å². The van der Waals surface area contributed by atoms with Crippen LogP contribution >= 0.6 is 0 Å². The molecule has 1 aliphatic rings. The minimum Gasteiger partial charge on any atom is -0.508 e. The lowest BCUT2D eigenvalue weighted by molar-refractivity contribution is -0.552. The van der Waals surface area contributed by atoms with E-state index in [-0.39, 0.29) is 17.7 Å². The van der Waals surface area contributed by atoms with Gasteiger partial charge in [0.2, 0.25) is 0 Å². The van der Waals surface area contributed by atoms with Crippen LogP contribution in [0.25, 0.3) is 11.3 Å². The van der Waals surface area contributed by atoms with Crippen LogP contribution < -0.4 is 9.88 Å². The Bertz CT molecular complexity index is 1280. The van der Waals surface area contributed by atoms with Gasteiger partial charge in [0.05, 0.1) is 0 Å². The van der Waals surface area contributed by atoms with Crippen molar-refractivity contribution in [2.24, 2.45) is 0 Å². The molecule has 2 N–H and O–H groups in total. The molecule has 4 aromatic rings. The number of phenols is 1. The summed E-state index contributed by atoms with van der Waals surface area (Å²) in [5.41, 5.74) is 5.92. The molecule has 3 aromatic carbocycles. The first-order valence-electron chi connectivity index (χ1n) is 11.3. The highest BCUT2D eigenvalue weighted by atomic mass is 16.3. The zero-order valence-electron chi connectivity index (χ0n) is 18.5. The number of anilines is 1. The van der Waals surface area contributed by atoms with Gasteiger partial charge in [-0.25, -0.2) is 9.78 Å². The van der Waals surface area contributed by atoms with Gasteiger partial charge in [0.15, 0.2) is 6.04 Å². The predicted octanol–water partition coefficient (Wildman–Crippen LogP) is 4.57. The molecule has 0 amide bonds. The van der Waals surface area contributed by atoms with Crippen molar-refractivity contribution >= 4 is 11.7 Å². The second kappa shape index (κ2) is 8.87. The lowest BCUT2D eigenvalue weighted by Gasteiger charge is -2.07. The van der Waals surface area contributed by atoms with Crippen LogP contribution in [0.15, 0.2) is 85.1 Å². The van der Waals surface area contributed by atoms with E-state index in [0.29, 0.717) is 18.5 Å². The highest BCUT2D eigenvalue weighted by Gasteiger charge is 2.41. The predicted molar refractivity (Wildman–Crippen MR) is 128 cm³/mol. The van der Waals surface area contributed by atoms with Crippen LogP contribution in [-0.2, 0) is 19.3 Å². The molecule has 33 heavy (non-hydrogen) atoms. The fraction of sp³-hybridized carbons (Fsp3) is 0.179. The SMILES string of the molecule is CCc1ccc(CC2Nc3c(Cc4ccccc4)nc(-c4ccc(O)cc4)c[n+]3C2=O)cc1. The van der Waals surface area contributed by atoms with E-state index in [1.165, 1.54) is 5.56 Å². The largest absolute Gasteiger partial charge is 0.508 e. The van der Waals surface area contributed by atoms with Gasteiger partial charge in [0, 0.05) is 18.4 Å². The summed E-state index contributed by atoms with van der Waals surface area (Å²) in [6.07, 6.45) is 4.02. The first-order chi connectivity index (χ1) is 16.1. The maximum atomic E-state index is 13.4. The Balaban J connectivity index is 1.51. The number of fused-ring (bicyclic) bond motifs is 1. The third kappa shape index (κ3) is 4.35. The van der Waals surface area contributed by atoms with Gasteiger partial charge in [-0.05, 0) is 47.4 Å². The zero-order valence-corrected chi connectivity index (χ0v) is 18.5. The summed E-state index contributed by atoms with van der Waals surface area (Å²) in [7, 11) is 0. The molecule has 0 radical (unpaired) electrons. The van der Waals surface area contributed by atoms with Gasteiger partial charge in [0.25, 0.3) is 0 Å². The summed E-state index contributed by atoms with van der Waals surface area (Å²) in [6.45, 7) is 2.14. The van der Waals surface area contributed by atoms with Crippen LogP contribution in [0.1, 0.15) is 34.1 Å². The molecule has 5 nitrogen and oxygen atoms in total. The second-order valence-corrected chi connectivity index (χ2v) is 8.41. The van der Waals surface area contributed by atoms with Gasteiger partial charge in [-0.3, -0.25) is 5.32 Å². The average Bonchev–Trinajstić information content (AvgIpc) is 3.16. The highest BCUT2D eigenvalue weighted by Crippen LogP contribution is 2.26. The number of nitrogens with zero attached hydrogens (tertiary/aromatic N) is 2. The Morgan fingerprint density at radius 1 is 0.909 bits per heavy atom. The number of carbonyl (C=O) groups is 1. The number of aryl methyl sites for hydroxylation is 1. The number of aromatic hydroxyl groups is 1. The summed E-state index contributed by atoms with van der Waals surface area (Å²) in [4.78, 5) is 18.3. The van der Waals surface area contributed by atoms with Gasteiger partial charge >= 0.3 is 11.7 Å². The smallest absolute Gasteiger partial charge is 0.359 e. The van der Waals surface area contributed by atoms with Crippen molar-refractivity contribution in [1.82, 2.24) is 4.98 Å². The normalized spacial score (nSPS) is 14.7. The molecule has 0 fully saturated rings. The van der Waals surface area contributed by atoms with Crippen LogP contribution in [0.4, 0.5) is 5.82 Å². The van der Waals surface area contributed by atoms with Crippen LogP contribution in [0, 0.1) is 0 Å². The first-order valence-corrected chi connectivity index (χ1v) is 11.3. The summed E-state index contributed by atoms with van der Waals surface area (Å²) in [5.74, 6) is 0.965. The van der Waals surface area contributed by atoms with Crippen molar-refractivity contribution in [2.75, 3.05) is 5.32 Å². The molecule has 1 unspecified atom stereocenters. The number of rotatable bonds is 6. The number of benzene rings is 3. The monoisotopic (exact) mass is 436 g/mol.